The smallest absolute Gasteiger partial charge is 0.240 e. The molecule has 0 radical (unpaired) electrons. The third kappa shape index (κ3) is 2.38. The molecule has 1 saturated heterocycles. The van der Waals surface area contributed by atoms with Crippen molar-refractivity contribution in [3.8, 4) is 0 Å². The number of nitrogens with two attached hydrogens (primary N) is 1. The number of nitrogens with one attached hydrogen (secondary N) is 1. The number of hydrogen-bond acceptors (Lipinski definition) is 3. The van der Waals surface area contributed by atoms with Crippen molar-refractivity contribution < 1.29 is 9.53 Å². The molecule has 1 heterocycles. The highest BCUT2D eigenvalue weighted by atomic mass is 16.5. The summed E-state index contributed by atoms with van der Waals surface area (Å²) in [5, 5.41) is 3.08. The first kappa shape index (κ1) is 11.9. The van der Waals surface area contributed by atoms with Crippen LogP contribution in [0.4, 0.5) is 0 Å². The Kier molecular flexibility index (Phi) is 3.22. The summed E-state index contributed by atoms with van der Waals surface area (Å²) < 4.78 is 5.33. The summed E-state index contributed by atoms with van der Waals surface area (Å²) in [6.45, 7) is 3.37. The minimum atomic E-state index is -0.635. The maximum absolute atomic E-state index is 12.2. The van der Waals surface area contributed by atoms with Gasteiger partial charge in [0, 0.05) is 6.61 Å². The number of carbonyl (C=O) groups is 1. The van der Waals surface area contributed by atoms with Gasteiger partial charge < -0.3 is 15.8 Å². The van der Waals surface area contributed by atoms with E-state index in [9.17, 15) is 4.79 Å². The van der Waals surface area contributed by atoms with Crippen LogP contribution in [0.15, 0.2) is 0 Å². The summed E-state index contributed by atoms with van der Waals surface area (Å²) >= 11 is 0. The van der Waals surface area contributed by atoms with Crippen molar-refractivity contribution in [2.24, 2.45) is 5.73 Å². The molecule has 2 aliphatic rings. The lowest BCUT2D eigenvalue weighted by Gasteiger charge is -2.35. The van der Waals surface area contributed by atoms with E-state index in [-0.39, 0.29) is 11.4 Å². The van der Waals surface area contributed by atoms with Crippen molar-refractivity contribution in [2.45, 2.75) is 56.5 Å². The Morgan fingerprint density at radius 3 is 2.50 bits per heavy atom. The van der Waals surface area contributed by atoms with Crippen LogP contribution >= 0.6 is 0 Å². The molecule has 16 heavy (non-hydrogen) atoms. The first-order chi connectivity index (χ1) is 7.54. The lowest BCUT2D eigenvalue weighted by molar-refractivity contribution is -0.129. The fraction of sp³-hybridized carbons (Fsp3) is 0.917. The van der Waals surface area contributed by atoms with Crippen molar-refractivity contribution in [1.82, 2.24) is 5.32 Å². The minimum Gasteiger partial charge on any atom is -0.379 e. The van der Waals surface area contributed by atoms with Crippen LogP contribution in [-0.2, 0) is 9.53 Å². The zero-order valence-corrected chi connectivity index (χ0v) is 10.1. The third-order valence-electron chi connectivity index (χ3n) is 3.83. The van der Waals surface area contributed by atoms with E-state index in [0.717, 1.165) is 38.7 Å². The van der Waals surface area contributed by atoms with Gasteiger partial charge in [0.1, 0.15) is 0 Å². The molecule has 0 aromatic rings. The van der Waals surface area contributed by atoms with Crippen LogP contribution in [0, 0.1) is 0 Å². The Morgan fingerprint density at radius 1 is 1.25 bits per heavy atom. The average Bonchev–Trinajstić information content (AvgIpc) is 2.66. The maximum atomic E-state index is 12.2. The molecule has 2 fully saturated rings. The van der Waals surface area contributed by atoms with Crippen LogP contribution in [0.5, 0.6) is 0 Å². The zero-order valence-electron chi connectivity index (χ0n) is 10.1. The van der Waals surface area contributed by atoms with Gasteiger partial charge in [-0.15, -0.1) is 0 Å². The fourth-order valence-electron chi connectivity index (χ4n) is 2.57. The minimum absolute atomic E-state index is 0.0141. The summed E-state index contributed by atoms with van der Waals surface area (Å²) in [7, 11) is 0. The molecule has 92 valence electrons. The standard InChI is InChI=1S/C12H22N2O2/c1-11(7-8-16-9-11)14-10(15)12(13)5-3-2-4-6-12/h2-9,13H2,1H3,(H,14,15). The van der Waals surface area contributed by atoms with E-state index in [1.807, 2.05) is 6.92 Å². The monoisotopic (exact) mass is 226 g/mol. The number of hydrogen-bond donors (Lipinski definition) is 2. The number of amides is 1. The van der Waals surface area contributed by atoms with Gasteiger partial charge in [0.2, 0.25) is 5.91 Å². The molecule has 4 nitrogen and oxygen atoms in total. The van der Waals surface area contributed by atoms with Gasteiger partial charge in [-0.2, -0.15) is 0 Å². The van der Waals surface area contributed by atoms with Crippen LogP contribution in [0.2, 0.25) is 0 Å². The summed E-state index contributed by atoms with van der Waals surface area (Å²) in [5.74, 6) is 0.0141. The average molecular weight is 226 g/mol. The molecule has 0 aromatic heterocycles. The maximum Gasteiger partial charge on any atom is 0.240 e. The van der Waals surface area contributed by atoms with Gasteiger partial charge in [-0.05, 0) is 26.2 Å². The molecule has 1 aliphatic heterocycles. The lowest BCUT2D eigenvalue weighted by Crippen LogP contribution is -2.60. The van der Waals surface area contributed by atoms with Gasteiger partial charge >= 0.3 is 0 Å². The molecule has 0 bridgehead atoms. The van der Waals surface area contributed by atoms with Crippen LogP contribution in [0.1, 0.15) is 45.4 Å². The zero-order chi connectivity index (χ0) is 11.6. The van der Waals surface area contributed by atoms with E-state index in [1.54, 1.807) is 0 Å². The Bertz CT molecular complexity index is 266. The van der Waals surface area contributed by atoms with Crippen LogP contribution < -0.4 is 11.1 Å². The molecule has 0 spiro atoms. The Labute approximate surface area is 96.9 Å². The van der Waals surface area contributed by atoms with Gasteiger partial charge in [-0.3, -0.25) is 4.79 Å². The van der Waals surface area contributed by atoms with E-state index in [2.05, 4.69) is 5.32 Å². The summed E-state index contributed by atoms with van der Waals surface area (Å²) in [5.41, 5.74) is 5.34. The summed E-state index contributed by atoms with van der Waals surface area (Å²) in [6, 6.07) is 0. The third-order valence-corrected chi connectivity index (χ3v) is 3.83. The molecule has 1 atom stereocenters. The first-order valence-corrected chi connectivity index (χ1v) is 6.23. The van der Waals surface area contributed by atoms with E-state index in [0.29, 0.717) is 6.61 Å². The van der Waals surface area contributed by atoms with Gasteiger partial charge in [-0.25, -0.2) is 0 Å². The second-order valence-electron chi connectivity index (χ2n) is 5.53. The highest BCUT2D eigenvalue weighted by Crippen LogP contribution is 2.27. The van der Waals surface area contributed by atoms with Crippen molar-refractivity contribution in [3.05, 3.63) is 0 Å². The Morgan fingerprint density at radius 2 is 1.94 bits per heavy atom. The normalized spacial score (nSPS) is 33.6. The van der Waals surface area contributed by atoms with Crippen LogP contribution in [-0.4, -0.2) is 30.2 Å². The molecule has 1 unspecified atom stereocenters. The molecular weight excluding hydrogens is 204 g/mol. The SMILES string of the molecule is CC1(NC(=O)C2(N)CCCCC2)CCOC1. The molecular formula is C12H22N2O2. The van der Waals surface area contributed by atoms with Crippen LogP contribution in [0.25, 0.3) is 0 Å². The van der Waals surface area contributed by atoms with E-state index < -0.39 is 5.54 Å². The quantitative estimate of drug-likeness (QED) is 0.736. The summed E-state index contributed by atoms with van der Waals surface area (Å²) in [6.07, 6.45) is 5.85. The van der Waals surface area contributed by atoms with E-state index in [1.165, 1.54) is 6.42 Å². The van der Waals surface area contributed by atoms with Gasteiger partial charge in [0.25, 0.3) is 0 Å². The van der Waals surface area contributed by atoms with Crippen molar-refractivity contribution in [3.63, 3.8) is 0 Å². The van der Waals surface area contributed by atoms with Crippen molar-refractivity contribution in [2.75, 3.05) is 13.2 Å². The Balaban J connectivity index is 1.96. The number of rotatable bonds is 2. The highest BCUT2D eigenvalue weighted by Gasteiger charge is 2.40. The predicted octanol–water partition coefficient (Wildman–Crippen LogP) is 0.943. The van der Waals surface area contributed by atoms with Gasteiger partial charge in [-0.1, -0.05) is 19.3 Å². The Hall–Kier alpha value is -0.610. The van der Waals surface area contributed by atoms with Crippen molar-refractivity contribution in [1.29, 1.82) is 0 Å². The fourth-order valence-corrected chi connectivity index (χ4v) is 2.57. The molecule has 2 rings (SSSR count). The predicted molar refractivity (Wildman–Crippen MR) is 62.0 cm³/mol. The van der Waals surface area contributed by atoms with Crippen molar-refractivity contribution >= 4 is 5.91 Å². The second-order valence-corrected chi connectivity index (χ2v) is 5.53. The molecule has 1 aliphatic carbocycles. The van der Waals surface area contributed by atoms with Gasteiger partial charge in [0.15, 0.2) is 0 Å². The molecule has 3 N–H and O–H groups in total. The van der Waals surface area contributed by atoms with Gasteiger partial charge in [0.05, 0.1) is 17.7 Å². The lowest BCUT2D eigenvalue weighted by atomic mass is 9.81. The van der Waals surface area contributed by atoms with E-state index in [4.69, 9.17) is 10.5 Å². The highest BCUT2D eigenvalue weighted by molar-refractivity contribution is 5.86. The second kappa shape index (κ2) is 4.34. The largest absolute Gasteiger partial charge is 0.379 e. The molecule has 1 amide bonds. The molecule has 4 heteroatoms. The van der Waals surface area contributed by atoms with E-state index >= 15 is 0 Å². The molecule has 0 aromatic carbocycles. The summed E-state index contributed by atoms with van der Waals surface area (Å²) in [4.78, 5) is 12.2. The first-order valence-electron chi connectivity index (χ1n) is 6.23. The molecule has 1 saturated carbocycles. The topological polar surface area (TPSA) is 64.4 Å². The number of ether oxygens (including phenoxy) is 1. The number of carbonyl (C=O) groups excluding carboxylic acids is 1. The van der Waals surface area contributed by atoms with Crippen LogP contribution in [0.3, 0.4) is 0 Å².